The molecule has 0 saturated heterocycles. The van der Waals surface area contributed by atoms with Gasteiger partial charge in [0, 0.05) is 25.7 Å². The van der Waals surface area contributed by atoms with Crippen molar-refractivity contribution in [3.05, 3.63) is 63.9 Å². The molecule has 0 aliphatic carbocycles. The van der Waals surface area contributed by atoms with Gasteiger partial charge in [0.2, 0.25) is 0 Å². The second kappa shape index (κ2) is 10.5. The lowest BCUT2D eigenvalue weighted by molar-refractivity contribution is -0.192. The Morgan fingerprint density at radius 1 is 1.27 bits per heavy atom. The summed E-state index contributed by atoms with van der Waals surface area (Å²) in [6.45, 7) is 2.00. The van der Waals surface area contributed by atoms with Crippen molar-refractivity contribution in [1.82, 2.24) is 24.9 Å². The summed E-state index contributed by atoms with van der Waals surface area (Å²) in [5, 5.41) is 17.4. The lowest BCUT2D eigenvalue weighted by Gasteiger charge is -2.31. The third-order valence-corrected chi connectivity index (χ3v) is 5.53. The number of rotatable bonds is 5. The Balaban J connectivity index is 0.000000383. The molecule has 0 radical (unpaired) electrons. The molecular formula is C20H20F3N5O4S. The van der Waals surface area contributed by atoms with Crippen LogP contribution in [0.5, 0.6) is 0 Å². The van der Waals surface area contributed by atoms with Crippen molar-refractivity contribution in [2.45, 2.75) is 25.2 Å². The van der Waals surface area contributed by atoms with Crippen LogP contribution in [-0.2, 0) is 29.7 Å². The maximum atomic E-state index is 12.7. The Labute approximate surface area is 190 Å². The SMILES string of the molecule is Cn1nnc2c1C(COCc1ccccn1)CN(C(=O)c1cccs1)C2.O=C(O)C(F)(F)F. The molecule has 0 aromatic carbocycles. The monoisotopic (exact) mass is 483 g/mol. The summed E-state index contributed by atoms with van der Waals surface area (Å²) in [6.07, 6.45) is -3.33. The smallest absolute Gasteiger partial charge is 0.475 e. The van der Waals surface area contributed by atoms with E-state index >= 15 is 0 Å². The van der Waals surface area contributed by atoms with Crippen molar-refractivity contribution < 1.29 is 32.6 Å². The van der Waals surface area contributed by atoms with Gasteiger partial charge in [0.1, 0.15) is 5.69 Å². The Kier molecular flexibility index (Phi) is 7.76. The molecule has 1 aliphatic heterocycles. The molecule has 0 bridgehead atoms. The molecule has 1 aliphatic rings. The highest BCUT2D eigenvalue weighted by Gasteiger charge is 2.38. The molecule has 1 N–H and O–H groups in total. The number of aromatic nitrogens is 4. The van der Waals surface area contributed by atoms with Gasteiger partial charge in [-0.1, -0.05) is 17.3 Å². The average Bonchev–Trinajstić information content (AvgIpc) is 3.44. The summed E-state index contributed by atoms with van der Waals surface area (Å²) in [4.78, 5) is 28.5. The molecule has 9 nitrogen and oxygen atoms in total. The number of carbonyl (C=O) groups is 2. The molecule has 3 aromatic rings. The highest BCUT2D eigenvalue weighted by molar-refractivity contribution is 7.12. The van der Waals surface area contributed by atoms with E-state index < -0.39 is 12.1 Å². The third kappa shape index (κ3) is 6.35. The minimum absolute atomic E-state index is 0.0334. The van der Waals surface area contributed by atoms with Crippen molar-refractivity contribution in [3.63, 3.8) is 0 Å². The number of carboxylic acid groups (broad SMARTS) is 1. The number of aryl methyl sites for hydroxylation is 1. The van der Waals surface area contributed by atoms with Crippen LogP contribution in [0.2, 0.25) is 0 Å². The van der Waals surface area contributed by atoms with Gasteiger partial charge in [-0.05, 0) is 23.6 Å². The van der Waals surface area contributed by atoms with E-state index in [-0.39, 0.29) is 11.8 Å². The van der Waals surface area contributed by atoms with Crippen molar-refractivity contribution in [2.75, 3.05) is 13.2 Å². The predicted molar refractivity (Wildman–Crippen MR) is 110 cm³/mol. The van der Waals surface area contributed by atoms with Crippen LogP contribution in [0.1, 0.15) is 32.7 Å². The number of ether oxygens (including phenoxy) is 1. The Hall–Kier alpha value is -3.32. The first-order valence-electron chi connectivity index (χ1n) is 9.65. The minimum Gasteiger partial charge on any atom is -0.475 e. The fourth-order valence-corrected chi connectivity index (χ4v) is 3.94. The largest absolute Gasteiger partial charge is 0.490 e. The maximum absolute atomic E-state index is 12.7. The number of pyridine rings is 1. The van der Waals surface area contributed by atoms with Crippen molar-refractivity contribution >= 4 is 23.2 Å². The first kappa shape index (κ1) is 24.3. The molecule has 1 amide bonds. The van der Waals surface area contributed by atoms with E-state index in [4.69, 9.17) is 14.6 Å². The molecule has 176 valence electrons. The van der Waals surface area contributed by atoms with Gasteiger partial charge in [0.15, 0.2) is 0 Å². The van der Waals surface area contributed by atoms with E-state index in [1.165, 1.54) is 11.3 Å². The van der Waals surface area contributed by atoms with Crippen LogP contribution < -0.4 is 0 Å². The number of hydrogen-bond donors (Lipinski definition) is 1. The van der Waals surface area contributed by atoms with E-state index in [0.29, 0.717) is 26.3 Å². The number of aliphatic carboxylic acids is 1. The second-order valence-corrected chi connectivity index (χ2v) is 7.99. The van der Waals surface area contributed by atoms with Crippen molar-refractivity contribution in [1.29, 1.82) is 0 Å². The van der Waals surface area contributed by atoms with E-state index in [9.17, 15) is 18.0 Å². The molecule has 13 heteroatoms. The van der Waals surface area contributed by atoms with E-state index in [2.05, 4.69) is 15.3 Å². The summed E-state index contributed by atoms with van der Waals surface area (Å²) in [7, 11) is 1.88. The number of carbonyl (C=O) groups excluding carboxylic acids is 1. The van der Waals surface area contributed by atoms with Crippen LogP contribution >= 0.6 is 11.3 Å². The average molecular weight is 483 g/mol. The van der Waals surface area contributed by atoms with Crippen LogP contribution in [0.15, 0.2) is 41.9 Å². The fourth-order valence-electron chi connectivity index (χ4n) is 3.25. The van der Waals surface area contributed by atoms with Gasteiger partial charge >= 0.3 is 12.1 Å². The lowest BCUT2D eigenvalue weighted by atomic mass is 9.99. The minimum atomic E-state index is -5.08. The highest BCUT2D eigenvalue weighted by atomic mass is 32.1. The number of alkyl halides is 3. The van der Waals surface area contributed by atoms with Crippen molar-refractivity contribution in [3.8, 4) is 0 Å². The molecule has 33 heavy (non-hydrogen) atoms. The number of carboxylic acids is 1. The molecular weight excluding hydrogens is 463 g/mol. The van der Waals surface area contributed by atoms with Crippen LogP contribution in [0.25, 0.3) is 0 Å². The number of hydrogen-bond acceptors (Lipinski definition) is 7. The van der Waals surface area contributed by atoms with Crippen molar-refractivity contribution in [2.24, 2.45) is 7.05 Å². The van der Waals surface area contributed by atoms with Gasteiger partial charge in [0.25, 0.3) is 5.91 Å². The Morgan fingerprint density at radius 2 is 2.03 bits per heavy atom. The van der Waals surface area contributed by atoms with E-state index in [1.807, 2.05) is 47.7 Å². The quantitative estimate of drug-likeness (QED) is 0.594. The molecule has 0 spiro atoms. The highest BCUT2D eigenvalue weighted by Crippen LogP contribution is 2.28. The maximum Gasteiger partial charge on any atom is 0.490 e. The van der Waals surface area contributed by atoms with Gasteiger partial charge in [-0.3, -0.25) is 14.5 Å². The first-order chi connectivity index (χ1) is 15.7. The summed E-state index contributed by atoms with van der Waals surface area (Å²) in [5.74, 6) is -2.69. The van der Waals surface area contributed by atoms with Gasteiger partial charge in [-0.15, -0.1) is 16.4 Å². The number of nitrogens with zero attached hydrogens (tertiary/aromatic N) is 5. The molecule has 1 unspecified atom stereocenters. The van der Waals surface area contributed by atoms with Gasteiger partial charge < -0.3 is 14.7 Å². The normalized spacial score (nSPS) is 15.4. The Morgan fingerprint density at radius 3 is 2.64 bits per heavy atom. The Bertz CT molecular complexity index is 1070. The topological polar surface area (TPSA) is 110 Å². The summed E-state index contributed by atoms with van der Waals surface area (Å²) in [5.41, 5.74) is 2.77. The van der Waals surface area contributed by atoms with Crippen LogP contribution in [0, 0.1) is 0 Å². The molecule has 4 heterocycles. The first-order valence-corrected chi connectivity index (χ1v) is 10.5. The number of fused-ring (bicyclic) bond motifs is 1. The molecule has 3 aromatic heterocycles. The second-order valence-electron chi connectivity index (χ2n) is 7.04. The molecule has 4 rings (SSSR count). The third-order valence-electron chi connectivity index (χ3n) is 4.67. The number of halogens is 3. The van der Waals surface area contributed by atoms with Crippen LogP contribution in [0.4, 0.5) is 13.2 Å². The summed E-state index contributed by atoms with van der Waals surface area (Å²) < 4.78 is 39.4. The van der Waals surface area contributed by atoms with E-state index in [0.717, 1.165) is 22.0 Å². The van der Waals surface area contributed by atoms with Gasteiger partial charge in [-0.2, -0.15) is 13.2 Å². The zero-order chi connectivity index (χ0) is 24.0. The zero-order valence-corrected chi connectivity index (χ0v) is 18.2. The number of amides is 1. The standard InChI is InChI=1S/C18H19N5O2S.C2HF3O2/c1-22-17-13(11-25-12-14-5-2-3-7-19-14)9-23(10-15(17)20-21-22)18(24)16-6-4-8-26-16;3-2(4,5)1(6)7/h2-8,13H,9-12H2,1H3;(H,6,7). The summed E-state index contributed by atoms with van der Waals surface area (Å²) in [6, 6.07) is 9.50. The van der Waals surface area contributed by atoms with E-state index in [1.54, 1.807) is 10.9 Å². The molecule has 0 saturated carbocycles. The van der Waals surface area contributed by atoms with Gasteiger partial charge in [-0.25, -0.2) is 4.79 Å². The summed E-state index contributed by atoms with van der Waals surface area (Å²) >= 11 is 1.46. The van der Waals surface area contributed by atoms with Crippen LogP contribution in [-0.4, -0.2) is 61.2 Å². The predicted octanol–water partition coefficient (Wildman–Crippen LogP) is 2.86. The van der Waals surface area contributed by atoms with Crippen LogP contribution in [0.3, 0.4) is 0 Å². The zero-order valence-electron chi connectivity index (χ0n) is 17.4. The molecule has 1 atom stereocenters. The number of thiophene rings is 1. The molecule has 0 fully saturated rings. The fraction of sp³-hybridized carbons (Fsp3) is 0.350. The lowest BCUT2D eigenvalue weighted by Crippen LogP contribution is -2.40. The van der Waals surface area contributed by atoms with Gasteiger partial charge in [0.05, 0.1) is 36.0 Å².